The van der Waals surface area contributed by atoms with Crippen molar-refractivity contribution < 1.29 is 19.1 Å². The Morgan fingerprint density at radius 2 is 1.75 bits per heavy atom. The Labute approximate surface area is 183 Å². The molecule has 158 valence electrons. The zero-order chi connectivity index (χ0) is 22.5. The largest absolute Gasteiger partial charge is 0.452 e. The van der Waals surface area contributed by atoms with Crippen molar-refractivity contribution in [3.8, 4) is 11.3 Å². The number of fused-ring (bicyclic) bond motifs is 1. The van der Waals surface area contributed by atoms with Crippen molar-refractivity contribution >= 4 is 34.4 Å². The highest BCUT2D eigenvalue weighted by Crippen LogP contribution is 2.25. The number of anilines is 1. The number of benzene rings is 2. The molecule has 0 radical (unpaired) electrons. The summed E-state index contributed by atoms with van der Waals surface area (Å²) in [6, 6.07) is 18.5. The molecule has 0 atom stereocenters. The van der Waals surface area contributed by atoms with Gasteiger partial charge in [0.15, 0.2) is 6.61 Å². The van der Waals surface area contributed by atoms with Crippen LogP contribution in [0.15, 0.2) is 79.1 Å². The van der Waals surface area contributed by atoms with Crippen LogP contribution in [0.1, 0.15) is 20.7 Å². The smallest absolute Gasteiger partial charge is 0.339 e. The van der Waals surface area contributed by atoms with E-state index in [4.69, 9.17) is 10.5 Å². The van der Waals surface area contributed by atoms with E-state index in [-0.39, 0.29) is 0 Å². The topological polar surface area (TPSA) is 124 Å². The van der Waals surface area contributed by atoms with Crippen LogP contribution in [0.5, 0.6) is 0 Å². The molecule has 0 aliphatic rings. The third-order valence-electron chi connectivity index (χ3n) is 4.68. The molecule has 2 heterocycles. The van der Waals surface area contributed by atoms with E-state index in [1.165, 1.54) is 24.3 Å². The van der Waals surface area contributed by atoms with Crippen LogP contribution in [0.3, 0.4) is 0 Å². The molecule has 0 aliphatic heterocycles. The molecule has 2 amide bonds. The molecule has 0 saturated heterocycles. The number of nitrogens with zero attached hydrogens (tertiary/aromatic N) is 2. The molecular weight excluding hydrogens is 408 g/mol. The number of rotatable bonds is 6. The quantitative estimate of drug-likeness (QED) is 0.456. The first-order valence-corrected chi connectivity index (χ1v) is 9.68. The maximum absolute atomic E-state index is 12.8. The van der Waals surface area contributed by atoms with Crippen molar-refractivity contribution in [1.82, 2.24) is 9.97 Å². The molecule has 0 fully saturated rings. The van der Waals surface area contributed by atoms with E-state index in [0.717, 1.165) is 5.56 Å². The van der Waals surface area contributed by atoms with Gasteiger partial charge in [-0.1, -0.05) is 18.2 Å². The second-order valence-corrected chi connectivity index (χ2v) is 6.88. The van der Waals surface area contributed by atoms with Crippen molar-refractivity contribution in [1.29, 1.82) is 0 Å². The van der Waals surface area contributed by atoms with E-state index >= 15 is 0 Å². The molecule has 4 aromatic rings. The first kappa shape index (κ1) is 20.7. The molecule has 3 N–H and O–H groups in total. The Kier molecular flexibility index (Phi) is 5.85. The lowest BCUT2D eigenvalue weighted by molar-refractivity contribution is -0.119. The fourth-order valence-electron chi connectivity index (χ4n) is 3.13. The molecule has 2 aromatic heterocycles. The Morgan fingerprint density at radius 1 is 0.969 bits per heavy atom. The van der Waals surface area contributed by atoms with Crippen LogP contribution in [-0.4, -0.2) is 34.4 Å². The number of ether oxygens (including phenoxy) is 1. The highest BCUT2D eigenvalue weighted by molar-refractivity contribution is 6.05. The van der Waals surface area contributed by atoms with Gasteiger partial charge < -0.3 is 15.8 Å². The molecular formula is C24H18N4O4. The summed E-state index contributed by atoms with van der Waals surface area (Å²) in [5, 5.41) is 3.22. The minimum Gasteiger partial charge on any atom is -0.452 e. The van der Waals surface area contributed by atoms with Gasteiger partial charge >= 0.3 is 5.97 Å². The zero-order valence-corrected chi connectivity index (χ0v) is 16.8. The number of nitrogens with one attached hydrogen (secondary N) is 1. The lowest BCUT2D eigenvalue weighted by Gasteiger charge is -2.10. The summed E-state index contributed by atoms with van der Waals surface area (Å²) in [4.78, 5) is 44.9. The Morgan fingerprint density at radius 3 is 2.47 bits per heavy atom. The van der Waals surface area contributed by atoms with Gasteiger partial charge in [-0.25, -0.2) is 9.78 Å². The number of nitrogens with two attached hydrogens (primary N) is 1. The van der Waals surface area contributed by atoms with Crippen molar-refractivity contribution in [2.45, 2.75) is 0 Å². The fraction of sp³-hybridized carbons (Fsp3) is 0.0417. The summed E-state index contributed by atoms with van der Waals surface area (Å²) in [6.45, 7) is -0.477. The normalized spacial score (nSPS) is 10.5. The SMILES string of the molecule is NC(=O)c1ccc(NC(=O)COC(=O)c2cc(-c3cccnc3)nc3ccccc23)cc1. The van der Waals surface area contributed by atoms with Crippen LogP contribution in [0, 0.1) is 0 Å². The van der Waals surface area contributed by atoms with Crippen LogP contribution < -0.4 is 11.1 Å². The summed E-state index contributed by atoms with van der Waals surface area (Å²) in [7, 11) is 0. The lowest BCUT2D eigenvalue weighted by Crippen LogP contribution is -2.21. The highest BCUT2D eigenvalue weighted by atomic mass is 16.5. The Bertz CT molecular complexity index is 1300. The van der Waals surface area contributed by atoms with Crippen LogP contribution in [0.2, 0.25) is 0 Å². The average Bonchev–Trinajstić information content (AvgIpc) is 2.82. The zero-order valence-electron chi connectivity index (χ0n) is 16.8. The third kappa shape index (κ3) is 4.59. The summed E-state index contributed by atoms with van der Waals surface area (Å²) in [5.41, 5.74) is 8.22. The van der Waals surface area contributed by atoms with E-state index in [1.807, 2.05) is 12.1 Å². The van der Waals surface area contributed by atoms with Gasteiger partial charge in [-0.05, 0) is 48.5 Å². The number of carbonyl (C=O) groups excluding carboxylic acids is 3. The second-order valence-electron chi connectivity index (χ2n) is 6.88. The predicted molar refractivity (Wildman–Crippen MR) is 119 cm³/mol. The predicted octanol–water partition coefficient (Wildman–Crippen LogP) is 3.19. The number of hydrogen-bond donors (Lipinski definition) is 2. The Hall–Kier alpha value is -4.59. The first-order valence-electron chi connectivity index (χ1n) is 9.68. The van der Waals surface area contributed by atoms with E-state index in [0.29, 0.717) is 33.4 Å². The average molecular weight is 426 g/mol. The third-order valence-corrected chi connectivity index (χ3v) is 4.68. The number of pyridine rings is 2. The van der Waals surface area contributed by atoms with Gasteiger partial charge in [0.1, 0.15) is 0 Å². The van der Waals surface area contributed by atoms with Gasteiger partial charge in [0.25, 0.3) is 5.91 Å². The minimum absolute atomic E-state index is 0.299. The number of hydrogen-bond acceptors (Lipinski definition) is 6. The van der Waals surface area contributed by atoms with Gasteiger partial charge in [-0.3, -0.25) is 14.6 Å². The van der Waals surface area contributed by atoms with Crippen LogP contribution in [0.4, 0.5) is 5.69 Å². The molecule has 8 nitrogen and oxygen atoms in total. The number of primary amides is 1. The number of amides is 2. The van der Waals surface area contributed by atoms with Crippen LogP contribution in [-0.2, 0) is 9.53 Å². The van der Waals surface area contributed by atoms with E-state index < -0.39 is 24.4 Å². The molecule has 0 unspecified atom stereocenters. The Balaban J connectivity index is 1.51. The van der Waals surface area contributed by atoms with Crippen molar-refractivity contribution in [3.05, 3.63) is 90.3 Å². The van der Waals surface area contributed by atoms with Crippen LogP contribution >= 0.6 is 0 Å². The molecule has 2 aromatic carbocycles. The van der Waals surface area contributed by atoms with E-state index in [2.05, 4.69) is 15.3 Å². The maximum Gasteiger partial charge on any atom is 0.339 e. The maximum atomic E-state index is 12.8. The molecule has 4 rings (SSSR count). The number of aromatic nitrogens is 2. The molecule has 32 heavy (non-hydrogen) atoms. The summed E-state index contributed by atoms with van der Waals surface area (Å²) in [5.74, 6) is -1.73. The van der Waals surface area contributed by atoms with Crippen molar-refractivity contribution in [2.75, 3.05) is 11.9 Å². The van der Waals surface area contributed by atoms with E-state index in [9.17, 15) is 14.4 Å². The van der Waals surface area contributed by atoms with Crippen molar-refractivity contribution in [3.63, 3.8) is 0 Å². The first-order chi connectivity index (χ1) is 15.5. The number of esters is 1. The van der Waals surface area contributed by atoms with Gasteiger partial charge in [0, 0.05) is 34.6 Å². The van der Waals surface area contributed by atoms with Gasteiger partial charge in [-0.2, -0.15) is 0 Å². The van der Waals surface area contributed by atoms with Crippen LogP contribution in [0.25, 0.3) is 22.2 Å². The molecule has 0 bridgehead atoms. The summed E-state index contributed by atoms with van der Waals surface area (Å²) >= 11 is 0. The fourth-order valence-corrected chi connectivity index (χ4v) is 3.13. The minimum atomic E-state index is -0.645. The summed E-state index contributed by atoms with van der Waals surface area (Å²) < 4.78 is 5.25. The standard InChI is InChI=1S/C24H18N4O4/c25-23(30)15-7-9-17(10-8-15)27-22(29)14-32-24(31)19-12-21(16-4-3-11-26-13-16)28-20-6-2-1-5-18(19)20/h1-13H,14H2,(H2,25,30)(H,27,29). The van der Waals surface area contributed by atoms with Gasteiger partial charge in [0.2, 0.25) is 5.91 Å². The summed E-state index contributed by atoms with van der Waals surface area (Å²) in [6.07, 6.45) is 3.31. The number of carbonyl (C=O) groups is 3. The molecule has 0 aliphatic carbocycles. The monoisotopic (exact) mass is 426 g/mol. The lowest BCUT2D eigenvalue weighted by atomic mass is 10.1. The van der Waals surface area contributed by atoms with Crippen molar-refractivity contribution in [2.24, 2.45) is 5.73 Å². The van der Waals surface area contributed by atoms with Gasteiger partial charge in [0.05, 0.1) is 16.8 Å². The molecule has 8 heteroatoms. The highest BCUT2D eigenvalue weighted by Gasteiger charge is 2.17. The molecule has 0 saturated carbocycles. The number of para-hydroxylation sites is 1. The van der Waals surface area contributed by atoms with Gasteiger partial charge in [-0.15, -0.1) is 0 Å². The van der Waals surface area contributed by atoms with E-state index in [1.54, 1.807) is 42.7 Å². The molecule has 0 spiro atoms. The second kappa shape index (κ2) is 9.05.